The first-order valence-corrected chi connectivity index (χ1v) is 8.31. The van der Waals surface area contributed by atoms with E-state index in [4.69, 9.17) is 0 Å². The standard InChI is InChI=1S/C20H18N4O2/c1-13-7-8-16(9-14(13)2)19-12-23-11-18(21-20(23)22(19)3)15-5-4-6-17(10-15)24(25)26/h4-12H,1-3H3. The molecule has 0 saturated carbocycles. The summed E-state index contributed by atoms with van der Waals surface area (Å²) in [5, 5.41) is 11.0. The zero-order valence-electron chi connectivity index (χ0n) is 14.8. The van der Waals surface area contributed by atoms with Gasteiger partial charge in [0.2, 0.25) is 5.78 Å². The Balaban J connectivity index is 1.79. The Bertz CT molecular complexity index is 1150. The summed E-state index contributed by atoms with van der Waals surface area (Å²) in [5.41, 5.74) is 6.23. The van der Waals surface area contributed by atoms with Gasteiger partial charge in [-0.15, -0.1) is 0 Å². The monoisotopic (exact) mass is 346 g/mol. The van der Waals surface area contributed by atoms with Crippen LogP contribution in [-0.4, -0.2) is 18.9 Å². The molecule has 4 rings (SSSR count). The van der Waals surface area contributed by atoms with Crippen LogP contribution in [0.25, 0.3) is 28.3 Å². The number of aryl methyl sites for hydroxylation is 3. The minimum absolute atomic E-state index is 0.0652. The van der Waals surface area contributed by atoms with E-state index in [9.17, 15) is 10.1 Å². The van der Waals surface area contributed by atoms with Gasteiger partial charge in [-0.1, -0.05) is 24.3 Å². The molecule has 0 amide bonds. The molecule has 130 valence electrons. The van der Waals surface area contributed by atoms with Crippen molar-refractivity contribution in [1.29, 1.82) is 0 Å². The summed E-state index contributed by atoms with van der Waals surface area (Å²) >= 11 is 0. The van der Waals surface area contributed by atoms with Gasteiger partial charge in [0.1, 0.15) is 0 Å². The maximum atomic E-state index is 11.0. The lowest BCUT2D eigenvalue weighted by atomic mass is 10.0. The first-order chi connectivity index (χ1) is 12.4. The predicted molar refractivity (Wildman–Crippen MR) is 101 cm³/mol. The van der Waals surface area contributed by atoms with Crippen LogP contribution in [-0.2, 0) is 7.05 Å². The number of fused-ring (bicyclic) bond motifs is 1. The van der Waals surface area contributed by atoms with Crippen LogP contribution in [0.4, 0.5) is 5.69 Å². The number of hydrogen-bond acceptors (Lipinski definition) is 3. The van der Waals surface area contributed by atoms with E-state index >= 15 is 0 Å². The highest BCUT2D eigenvalue weighted by molar-refractivity contribution is 5.68. The van der Waals surface area contributed by atoms with Crippen molar-refractivity contribution in [2.75, 3.05) is 0 Å². The molecule has 26 heavy (non-hydrogen) atoms. The summed E-state index contributed by atoms with van der Waals surface area (Å²) in [4.78, 5) is 15.3. The van der Waals surface area contributed by atoms with Crippen LogP contribution >= 0.6 is 0 Å². The molecule has 0 N–H and O–H groups in total. The Hall–Kier alpha value is -3.41. The third-order valence-electron chi connectivity index (χ3n) is 4.79. The summed E-state index contributed by atoms with van der Waals surface area (Å²) in [7, 11) is 1.98. The van der Waals surface area contributed by atoms with E-state index in [0.717, 1.165) is 22.6 Å². The maximum absolute atomic E-state index is 11.0. The number of aromatic nitrogens is 3. The zero-order chi connectivity index (χ0) is 18.4. The lowest BCUT2D eigenvalue weighted by Crippen LogP contribution is -1.94. The lowest BCUT2D eigenvalue weighted by molar-refractivity contribution is -0.384. The molecule has 2 aromatic heterocycles. The Morgan fingerprint density at radius 2 is 1.81 bits per heavy atom. The van der Waals surface area contributed by atoms with Crippen LogP contribution in [0.15, 0.2) is 54.9 Å². The molecule has 2 heterocycles. The van der Waals surface area contributed by atoms with Crippen LogP contribution in [0.2, 0.25) is 0 Å². The van der Waals surface area contributed by atoms with Gasteiger partial charge in [-0.25, -0.2) is 4.98 Å². The summed E-state index contributed by atoms with van der Waals surface area (Å²) in [6.45, 7) is 4.20. The fraction of sp³-hybridized carbons (Fsp3) is 0.150. The number of hydrogen-bond donors (Lipinski definition) is 0. The van der Waals surface area contributed by atoms with E-state index in [2.05, 4.69) is 37.0 Å². The topological polar surface area (TPSA) is 65.4 Å². The SMILES string of the molecule is Cc1ccc(-c2cn3cc(-c4cccc([N+](=O)[O-])c4)nc3n2C)cc1C. The van der Waals surface area contributed by atoms with E-state index in [1.807, 2.05) is 34.5 Å². The second-order valence-electron chi connectivity index (χ2n) is 6.51. The van der Waals surface area contributed by atoms with E-state index in [1.54, 1.807) is 12.1 Å². The van der Waals surface area contributed by atoms with Gasteiger partial charge in [-0.05, 0) is 31.0 Å². The first kappa shape index (κ1) is 16.1. The Kier molecular flexibility index (Phi) is 3.61. The van der Waals surface area contributed by atoms with Crippen LogP contribution in [0, 0.1) is 24.0 Å². The van der Waals surface area contributed by atoms with Gasteiger partial charge >= 0.3 is 0 Å². The minimum atomic E-state index is -0.392. The van der Waals surface area contributed by atoms with Crippen molar-refractivity contribution < 1.29 is 4.92 Å². The van der Waals surface area contributed by atoms with Crippen LogP contribution < -0.4 is 0 Å². The van der Waals surface area contributed by atoms with Crippen molar-refractivity contribution in [2.24, 2.45) is 7.05 Å². The van der Waals surface area contributed by atoms with Gasteiger partial charge in [0.05, 0.1) is 16.3 Å². The maximum Gasteiger partial charge on any atom is 0.270 e. The van der Waals surface area contributed by atoms with Crippen molar-refractivity contribution in [3.8, 4) is 22.5 Å². The van der Waals surface area contributed by atoms with Gasteiger partial charge in [-0.3, -0.25) is 14.5 Å². The highest BCUT2D eigenvalue weighted by Crippen LogP contribution is 2.28. The number of non-ortho nitro benzene ring substituents is 1. The van der Waals surface area contributed by atoms with E-state index in [-0.39, 0.29) is 5.69 Å². The fourth-order valence-corrected chi connectivity index (χ4v) is 3.14. The van der Waals surface area contributed by atoms with E-state index < -0.39 is 4.92 Å². The molecule has 2 aromatic carbocycles. The molecule has 0 bridgehead atoms. The third kappa shape index (κ3) is 2.56. The Morgan fingerprint density at radius 1 is 1.00 bits per heavy atom. The van der Waals surface area contributed by atoms with Crippen molar-refractivity contribution in [1.82, 2.24) is 14.0 Å². The molecule has 0 unspecified atom stereocenters. The number of rotatable bonds is 3. The molecule has 6 heteroatoms. The van der Waals surface area contributed by atoms with E-state index in [0.29, 0.717) is 5.69 Å². The zero-order valence-corrected chi connectivity index (χ0v) is 14.8. The van der Waals surface area contributed by atoms with Gasteiger partial charge in [-0.2, -0.15) is 0 Å². The lowest BCUT2D eigenvalue weighted by Gasteiger charge is -2.06. The van der Waals surface area contributed by atoms with Crippen molar-refractivity contribution in [3.05, 3.63) is 76.1 Å². The van der Waals surface area contributed by atoms with Crippen molar-refractivity contribution in [2.45, 2.75) is 13.8 Å². The Labute approximate surface area is 150 Å². The molecule has 0 aliphatic rings. The quantitative estimate of drug-likeness (QED) is 0.404. The van der Waals surface area contributed by atoms with Gasteiger partial charge < -0.3 is 4.57 Å². The minimum Gasteiger partial charge on any atom is -0.313 e. The summed E-state index contributed by atoms with van der Waals surface area (Å²) < 4.78 is 3.99. The summed E-state index contributed by atoms with van der Waals surface area (Å²) in [5.74, 6) is 0.791. The van der Waals surface area contributed by atoms with Gasteiger partial charge in [0.15, 0.2) is 0 Å². The highest BCUT2D eigenvalue weighted by Gasteiger charge is 2.14. The van der Waals surface area contributed by atoms with E-state index in [1.165, 1.54) is 17.2 Å². The summed E-state index contributed by atoms with van der Waals surface area (Å²) in [6, 6.07) is 12.9. The van der Waals surface area contributed by atoms with Crippen LogP contribution in [0.1, 0.15) is 11.1 Å². The fourth-order valence-electron chi connectivity index (χ4n) is 3.14. The molecule has 4 aromatic rings. The molecule has 0 aliphatic carbocycles. The molecule has 0 aliphatic heterocycles. The number of benzene rings is 2. The van der Waals surface area contributed by atoms with Crippen molar-refractivity contribution >= 4 is 11.5 Å². The molecular weight excluding hydrogens is 328 g/mol. The molecular formula is C20H18N4O2. The normalized spacial score (nSPS) is 11.2. The molecule has 0 atom stereocenters. The van der Waals surface area contributed by atoms with Crippen LogP contribution in [0.5, 0.6) is 0 Å². The average molecular weight is 346 g/mol. The first-order valence-electron chi connectivity index (χ1n) is 8.31. The van der Waals surface area contributed by atoms with Crippen LogP contribution in [0.3, 0.4) is 0 Å². The second-order valence-corrected chi connectivity index (χ2v) is 6.51. The second kappa shape index (κ2) is 5.84. The number of nitro benzene ring substituents is 1. The third-order valence-corrected chi connectivity index (χ3v) is 4.79. The molecule has 0 saturated heterocycles. The smallest absolute Gasteiger partial charge is 0.270 e. The largest absolute Gasteiger partial charge is 0.313 e. The molecule has 6 nitrogen and oxygen atoms in total. The van der Waals surface area contributed by atoms with Gasteiger partial charge in [0, 0.05) is 42.7 Å². The molecule has 0 spiro atoms. The number of nitro groups is 1. The number of imidazole rings is 2. The average Bonchev–Trinajstić information content (AvgIpc) is 3.17. The van der Waals surface area contributed by atoms with Gasteiger partial charge in [0.25, 0.3) is 5.69 Å². The Morgan fingerprint density at radius 3 is 2.50 bits per heavy atom. The molecule has 0 fully saturated rings. The van der Waals surface area contributed by atoms with Crippen molar-refractivity contribution in [3.63, 3.8) is 0 Å². The predicted octanol–water partition coefficient (Wildman–Crippen LogP) is 4.53. The number of nitrogens with zero attached hydrogens (tertiary/aromatic N) is 4. The molecule has 0 radical (unpaired) electrons. The highest BCUT2D eigenvalue weighted by atomic mass is 16.6. The summed E-state index contributed by atoms with van der Waals surface area (Å²) in [6.07, 6.45) is 3.94.